The van der Waals surface area contributed by atoms with Crippen LogP contribution >= 0.6 is 0 Å². The van der Waals surface area contributed by atoms with E-state index < -0.39 is 48.0 Å². The van der Waals surface area contributed by atoms with Crippen LogP contribution in [0.25, 0.3) is 0 Å². The number of aliphatic hydroxyl groups is 1. The smallest absolute Gasteiger partial charge is 0.334 e. The van der Waals surface area contributed by atoms with Crippen molar-refractivity contribution in [1.29, 1.82) is 0 Å². The number of esters is 2. The molecule has 0 spiro atoms. The maximum absolute atomic E-state index is 12.7. The molecule has 144 valence electrons. The van der Waals surface area contributed by atoms with E-state index in [0.717, 1.165) is 0 Å². The van der Waals surface area contributed by atoms with Gasteiger partial charge in [0.05, 0.1) is 17.9 Å². The first-order valence-electron chi connectivity index (χ1n) is 9.17. The van der Waals surface area contributed by atoms with Gasteiger partial charge in [-0.1, -0.05) is 33.4 Å². The third-order valence-electron chi connectivity index (χ3n) is 5.62. The van der Waals surface area contributed by atoms with Crippen molar-refractivity contribution in [2.75, 3.05) is 0 Å². The van der Waals surface area contributed by atoms with E-state index in [9.17, 15) is 19.5 Å². The molecule has 0 amide bonds. The predicted molar refractivity (Wildman–Crippen MR) is 94.9 cm³/mol. The standard InChI is InChI=1S/C20H28O6/c1-6-8-14(21)16-12(5)15(22)9-13-11(4)20(24)25-17(13)18(16)26-19(23)10(3)7-2/h6,8,10,12-13,15-18,22H,4,7,9H2,1-3,5H3/b8-6+. The van der Waals surface area contributed by atoms with Crippen LogP contribution in [0.2, 0.25) is 0 Å². The second kappa shape index (κ2) is 8.16. The Bertz CT molecular complexity index is 622. The molecular formula is C20H28O6. The van der Waals surface area contributed by atoms with Crippen LogP contribution in [-0.4, -0.2) is 41.1 Å². The molecule has 1 N–H and O–H groups in total. The zero-order chi connectivity index (χ0) is 19.6. The van der Waals surface area contributed by atoms with Gasteiger partial charge in [-0.25, -0.2) is 4.79 Å². The van der Waals surface area contributed by atoms with Crippen LogP contribution in [0.4, 0.5) is 0 Å². The third-order valence-corrected chi connectivity index (χ3v) is 5.62. The Morgan fingerprint density at radius 1 is 1.46 bits per heavy atom. The van der Waals surface area contributed by atoms with E-state index in [-0.39, 0.29) is 23.7 Å². The molecule has 2 fully saturated rings. The number of carbonyl (C=O) groups excluding carboxylic acids is 3. The molecule has 2 aliphatic rings. The first kappa shape index (κ1) is 20.4. The van der Waals surface area contributed by atoms with Crippen LogP contribution in [0.3, 0.4) is 0 Å². The van der Waals surface area contributed by atoms with Crippen molar-refractivity contribution in [2.45, 2.75) is 58.8 Å². The number of allylic oxidation sites excluding steroid dienone is 2. The molecule has 0 bridgehead atoms. The van der Waals surface area contributed by atoms with Gasteiger partial charge in [0.2, 0.25) is 0 Å². The SMILES string of the molecule is C=C1C(=O)OC2C1CC(O)C(C)C(C(=O)/C=C/C)C2OC(=O)C(C)CC. The fourth-order valence-corrected chi connectivity index (χ4v) is 3.67. The molecule has 1 aliphatic carbocycles. The average Bonchev–Trinajstić information content (AvgIpc) is 2.82. The first-order chi connectivity index (χ1) is 12.2. The van der Waals surface area contributed by atoms with Crippen molar-refractivity contribution in [3.05, 3.63) is 24.3 Å². The van der Waals surface area contributed by atoms with Crippen molar-refractivity contribution in [1.82, 2.24) is 0 Å². The number of aliphatic hydroxyl groups excluding tert-OH is 1. The molecular weight excluding hydrogens is 336 g/mol. The second-order valence-corrected chi connectivity index (χ2v) is 7.30. The van der Waals surface area contributed by atoms with Gasteiger partial charge in [0, 0.05) is 11.5 Å². The summed E-state index contributed by atoms with van der Waals surface area (Å²) < 4.78 is 11.1. The van der Waals surface area contributed by atoms with E-state index >= 15 is 0 Å². The number of rotatable bonds is 5. The highest BCUT2D eigenvalue weighted by Crippen LogP contribution is 2.43. The lowest BCUT2D eigenvalue weighted by Crippen LogP contribution is -2.45. The van der Waals surface area contributed by atoms with Crippen LogP contribution in [0.1, 0.15) is 40.5 Å². The number of fused-ring (bicyclic) bond motifs is 1. The van der Waals surface area contributed by atoms with Gasteiger partial charge >= 0.3 is 11.9 Å². The molecule has 0 radical (unpaired) electrons. The second-order valence-electron chi connectivity index (χ2n) is 7.30. The number of ketones is 1. The van der Waals surface area contributed by atoms with Gasteiger partial charge in [-0.05, 0) is 31.8 Å². The van der Waals surface area contributed by atoms with Crippen LogP contribution < -0.4 is 0 Å². The molecule has 0 aromatic heterocycles. The Hall–Kier alpha value is -1.95. The third kappa shape index (κ3) is 3.75. The summed E-state index contributed by atoms with van der Waals surface area (Å²) in [5.74, 6) is -3.31. The summed E-state index contributed by atoms with van der Waals surface area (Å²) in [5, 5.41) is 10.6. The van der Waals surface area contributed by atoms with Crippen molar-refractivity contribution < 1.29 is 29.0 Å². The highest BCUT2D eigenvalue weighted by Gasteiger charge is 2.54. The lowest BCUT2D eigenvalue weighted by atomic mass is 9.81. The molecule has 1 aliphatic heterocycles. The van der Waals surface area contributed by atoms with Gasteiger partial charge in [0.15, 0.2) is 5.78 Å². The van der Waals surface area contributed by atoms with E-state index in [0.29, 0.717) is 6.42 Å². The van der Waals surface area contributed by atoms with Gasteiger partial charge < -0.3 is 14.6 Å². The molecule has 2 rings (SSSR count). The molecule has 6 nitrogen and oxygen atoms in total. The van der Waals surface area contributed by atoms with E-state index in [1.54, 1.807) is 26.8 Å². The summed E-state index contributed by atoms with van der Waals surface area (Å²) in [6, 6.07) is 0. The zero-order valence-corrected chi connectivity index (χ0v) is 15.8. The van der Waals surface area contributed by atoms with Crippen molar-refractivity contribution >= 4 is 17.7 Å². The van der Waals surface area contributed by atoms with Crippen molar-refractivity contribution in [3.63, 3.8) is 0 Å². The predicted octanol–water partition coefficient (Wildman–Crippen LogP) is 2.20. The Labute approximate surface area is 154 Å². The lowest BCUT2D eigenvalue weighted by Gasteiger charge is -2.32. The molecule has 0 aromatic carbocycles. The summed E-state index contributed by atoms with van der Waals surface area (Å²) >= 11 is 0. The fraction of sp³-hybridized carbons (Fsp3) is 0.650. The minimum Gasteiger partial charge on any atom is -0.457 e. The number of hydrogen-bond donors (Lipinski definition) is 1. The minimum absolute atomic E-state index is 0.243. The molecule has 1 saturated carbocycles. The first-order valence-corrected chi connectivity index (χ1v) is 9.17. The largest absolute Gasteiger partial charge is 0.457 e. The van der Waals surface area contributed by atoms with Crippen LogP contribution in [0.5, 0.6) is 0 Å². The highest BCUT2D eigenvalue weighted by atomic mass is 16.6. The number of carbonyl (C=O) groups is 3. The quantitative estimate of drug-likeness (QED) is 0.594. The van der Waals surface area contributed by atoms with E-state index in [4.69, 9.17) is 9.47 Å². The number of hydrogen-bond acceptors (Lipinski definition) is 6. The Morgan fingerprint density at radius 3 is 2.69 bits per heavy atom. The Balaban J connectivity index is 2.47. The maximum atomic E-state index is 12.7. The summed E-state index contributed by atoms with van der Waals surface area (Å²) in [6.45, 7) is 10.9. The average molecular weight is 364 g/mol. The van der Waals surface area contributed by atoms with Gasteiger partial charge in [-0.15, -0.1) is 0 Å². The molecule has 26 heavy (non-hydrogen) atoms. The fourth-order valence-electron chi connectivity index (χ4n) is 3.67. The zero-order valence-electron chi connectivity index (χ0n) is 15.8. The number of ether oxygens (including phenoxy) is 2. The normalized spacial score (nSPS) is 35.6. The van der Waals surface area contributed by atoms with Gasteiger partial charge in [-0.2, -0.15) is 0 Å². The maximum Gasteiger partial charge on any atom is 0.334 e. The molecule has 0 aromatic rings. The van der Waals surface area contributed by atoms with Gasteiger partial charge in [-0.3, -0.25) is 9.59 Å². The minimum atomic E-state index is -0.944. The van der Waals surface area contributed by atoms with Crippen LogP contribution in [-0.2, 0) is 23.9 Å². The van der Waals surface area contributed by atoms with Crippen LogP contribution in [0, 0.1) is 23.7 Å². The lowest BCUT2D eigenvalue weighted by molar-refractivity contribution is -0.173. The summed E-state index contributed by atoms with van der Waals surface area (Å²) in [4.78, 5) is 37.2. The topological polar surface area (TPSA) is 89.9 Å². The molecule has 7 atom stereocenters. The summed E-state index contributed by atoms with van der Waals surface area (Å²) in [7, 11) is 0. The van der Waals surface area contributed by atoms with Gasteiger partial charge in [0.1, 0.15) is 12.2 Å². The molecule has 1 heterocycles. The Kier molecular flexibility index (Phi) is 6.39. The van der Waals surface area contributed by atoms with E-state index in [2.05, 4.69) is 6.58 Å². The van der Waals surface area contributed by atoms with E-state index in [1.165, 1.54) is 6.08 Å². The van der Waals surface area contributed by atoms with Crippen molar-refractivity contribution in [3.8, 4) is 0 Å². The molecule has 7 unspecified atom stereocenters. The monoisotopic (exact) mass is 364 g/mol. The van der Waals surface area contributed by atoms with E-state index in [1.807, 2.05) is 6.92 Å². The Morgan fingerprint density at radius 2 is 2.12 bits per heavy atom. The highest BCUT2D eigenvalue weighted by molar-refractivity contribution is 5.94. The van der Waals surface area contributed by atoms with Crippen molar-refractivity contribution in [2.24, 2.45) is 23.7 Å². The van der Waals surface area contributed by atoms with Gasteiger partial charge in [0.25, 0.3) is 0 Å². The van der Waals surface area contributed by atoms with Crippen LogP contribution in [0.15, 0.2) is 24.3 Å². The summed E-state index contributed by atoms with van der Waals surface area (Å²) in [6.07, 6.45) is 1.27. The molecule has 6 heteroatoms. The summed E-state index contributed by atoms with van der Waals surface area (Å²) in [5.41, 5.74) is 0.255. The molecule has 1 saturated heterocycles.